The minimum Gasteiger partial charge on any atom is -0.465 e. The Bertz CT molecular complexity index is 435. The van der Waals surface area contributed by atoms with E-state index in [4.69, 9.17) is 0 Å². The summed E-state index contributed by atoms with van der Waals surface area (Å²) in [6.45, 7) is 4.73. The zero-order valence-corrected chi connectivity index (χ0v) is 11.4. The molecule has 2 N–H and O–H groups in total. The van der Waals surface area contributed by atoms with Gasteiger partial charge in [0.1, 0.15) is 5.82 Å². The van der Waals surface area contributed by atoms with Crippen molar-refractivity contribution in [1.82, 2.24) is 5.32 Å². The molecule has 1 unspecified atom stereocenters. The molecule has 0 aliphatic rings. The number of aliphatic hydroxyl groups excluding tert-OH is 1. The van der Waals surface area contributed by atoms with Crippen LogP contribution in [0.5, 0.6) is 0 Å². The van der Waals surface area contributed by atoms with E-state index in [1.807, 2.05) is 13.8 Å². The van der Waals surface area contributed by atoms with Crippen LogP contribution in [0.3, 0.4) is 0 Å². The predicted octanol–water partition coefficient (Wildman–Crippen LogP) is 1.72. The van der Waals surface area contributed by atoms with Gasteiger partial charge < -0.3 is 15.2 Å². The van der Waals surface area contributed by atoms with Crippen LogP contribution in [0.2, 0.25) is 0 Å². The Kier molecular flexibility index (Phi) is 5.92. The highest BCUT2D eigenvalue weighted by atomic mass is 19.1. The summed E-state index contributed by atoms with van der Waals surface area (Å²) in [4.78, 5) is 11.2. The van der Waals surface area contributed by atoms with Gasteiger partial charge in [0, 0.05) is 13.1 Å². The first-order valence-corrected chi connectivity index (χ1v) is 6.21. The number of hydrogen-bond acceptors (Lipinski definition) is 4. The molecule has 0 aliphatic heterocycles. The highest BCUT2D eigenvalue weighted by molar-refractivity contribution is 5.89. The van der Waals surface area contributed by atoms with Gasteiger partial charge in [-0.15, -0.1) is 0 Å². The first kappa shape index (κ1) is 15.6. The van der Waals surface area contributed by atoms with Crippen LogP contribution in [-0.4, -0.2) is 30.8 Å². The van der Waals surface area contributed by atoms with E-state index in [9.17, 15) is 14.3 Å². The van der Waals surface area contributed by atoms with Crippen LogP contribution in [0.1, 0.15) is 29.8 Å². The monoisotopic (exact) mass is 269 g/mol. The molecular formula is C14H20FNO3. The summed E-state index contributed by atoms with van der Waals surface area (Å²) in [6.07, 6.45) is -0.431. The second-order valence-electron chi connectivity index (χ2n) is 4.75. The maximum Gasteiger partial charge on any atom is 0.340 e. The lowest BCUT2D eigenvalue weighted by atomic mass is 10.1. The van der Waals surface area contributed by atoms with Gasteiger partial charge in [-0.1, -0.05) is 19.9 Å². The molecule has 0 aromatic heterocycles. The average molecular weight is 269 g/mol. The first-order valence-electron chi connectivity index (χ1n) is 6.21. The summed E-state index contributed by atoms with van der Waals surface area (Å²) in [6, 6.07) is 4.35. The molecule has 4 nitrogen and oxygen atoms in total. The van der Waals surface area contributed by atoms with E-state index in [1.165, 1.54) is 19.2 Å². The Hall–Kier alpha value is -1.46. The largest absolute Gasteiger partial charge is 0.465 e. The number of benzene rings is 1. The molecule has 0 aliphatic carbocycles. The molecule has 19 heavy (non-hydrogen) atoms. The van der Waals surface area contributed by atoms with E-state index >= 15 is 0 Å². The third-order valence-electron chi connectivity index (χ3n) is 2.89. The number of aliphatic hydroxyl groups is 1. The fourth-order valence-corrected chi connectivity index (χ4v) is 1.54. The zero-order valence-electron chi connectivity index (χ0n) is 11.4. The fourth-order valence-electron chi connectivity index (χ4n) is 1.54. The van der Waals surface area contributed by atoms with Crippen LogP contribution in [0.4, 0.5) is 4.39 Å². The molecule has 5 heteroatoms. The third kappa shape index (κ3) is 4.61. The van der Waals surface area contributed by atoms with E-state index in [0.29, 0.717) is 18.7 Å². The lowest BCUT2D eigenvalue weighted by Gasteiger charge is -2.15. The highest BCUT2D eigenvalue weighted by Gasteiger charge is 2.12. The lowest BCUT2D eigenvalue weighted by Crippen LogP contribution is -2.30. The molecule has 106 valence electrons. The molecule has 0 saturated heterocycles. The Morgan fingerprint density at radius 1 is 1.47 bits per heavy atom. The zero-order chi connectivity index (χ0) is 14.4. The van der Waals surface area contributed by atoms with Gasteiger partial charge in [0.05, 0.1) is 18.8 Å². The normalized spacial score (nSPS) is 12.5. The number of nitrogens with one attached hydrogen (secondary N) is 1. The smallest absolute Gasteiger partial charge is 0.340 e. The van der Waals surface area contributed by atoms with E-state index in [1.54, 1.807) is 6.07 Å². The van der Waals surface area contributed by atoms with Crippen LogP contribution >= 0.6 is 0 Å². The maximum absolute atomic E-state index is 13.6. The summed E-state index contributed by atoms with van der Waals surface area (Å²) < 4.78 is 18.1. The Balaban J connectivity index is 2.57. The van der Waals surface area contributed by atoms with Crippen molar-refractivity contribution in [3.8, 4) is 0 Å². The second kappa shape index (κ2) is 7.21. The van der Waals surface area contributed by atoms with Gasteiger partial charge in [0.2, 0.25) is 0 Å². The molecule has 0 spiro atoms. The summed E-state index contributed by atoms with van der Waals surface area (Å²) in [5.41, 5.74) is 0.634. The van der Waals surface area contributed by atoms with Crippen molar-refractivity contribution in [1.29, 1.82) is 0 Å². The maximum atomic E-state index is 13.6. The van der Waals surface area contributed by atoms with E-state index in [0.717, 1.165) is 0 Å². The van der Waals surface area contributed by atoms with Crippen molar-refractivity contribution < 1.29 is 19.0 Å². The lowest BCUT2D eigenvalue weighted by molar-refractivity contribution is 0.0595. The molecule has 0 saturated carbocycles. The van der Waals surface area contributed by atoms with Crippen molar-refractivity contribution in [2.24, 2.45) is 5.92 Å². The van der Waals surface area contributed by atoms with Gasteiger partial charge in [-0.25, -0.2) is 9.18 Å². The molecule has 1 aromatic carbocycles. The van der Waals surface area contributed by atoms with Crippen LogP contribution in [0.25, 0.3) is 0 Å². The number of ether oxygens (including phenoxy) is 1. The van der Waals surface area contributed by atoms with Crippen molar-refractivity contribution in [2.75, 3.05) is 13.7 Å². The average Bonchev–Trinajstić information content (AvgIpc) is 2.37. The summed E-state index contributed by atoms with van der Waals surface area (Å²) >= 11 is 0. The quantitative estimate of drug-likeness (QED) is 0.772. The van der Waals surface area contributed by atoms with E-state index in [-0.39, 0.29) is 11.5 Å². The van der Waals surface area contributed by atoms with Crippen LogP contribution in [0.15, 0.2) is 18.2 Å². The number of halogens is 1. The van der Waals surface area contributed by atoms with E-state index in [2.05, 4.69) is 10.1 Å². The molecule has 0 heterocycles. The molecule has 0 bridgehead atoms. The molecule has 1 rings (SSSR count). The minimum atomic E-state index is -0.688. The van der Waals surface area contributed by atoms with Crippen LogP contribution in [0, 0.1) is 11.7 Å². The molecule has 1 atom stereocenters. The Morgan fingerprint density at radius 2 is 2.16 bits per heavy atom. The fraction of sp³-hybridized carbons (Fsp3) is 0.500. The van der Waals surface area contributed by atoms with Crippen molar-refractivity contribution >= 4 is 5.97 Å². The molecular weight excluding hydrogens is 249 g/mol. The van der Waals surface area contributed by atoms with Crippen molar-refractivity contribution in [3.63, 3.8) is 0 Å². The number of methoxy groups -OCH3 is 1. The number of esters is 1. The van der Waals surface area contributed by atoms with Gasteiger partial charge >= 0.3 is 5.97 Å². The Morgan fingerprint density at radius 3 is 2.68 bits per heavy atom. The number of carbonyl (C=O) groups is 1. The van der Waals surface area contributed by atoms with Crippen molar-refractivity contribution in [3.05, 3.63) is 35.1 Å². The standard InChI is InChI=1S/C14H20FNO3/c1-9(2)13(17)8-16-7-10-4-5-11(12(15)6-10)14(18)19-3/h4-6,9,13,16-17H,7-8H2,1-3H3. The predicted molar refractivity (Wildman–Crippen MR) is 70.3 cm³/mol. The van der Waals surface area contributed by atoms with E-state index < -0.39 is 17.9 Å². The second-order valence-corrected chi connectivity index (χ2v) is 4.75. The van der Waals surface area contributed by atoms with Gasteiger partial charge in [-0.3, -0.25) is 0 Å². The first-order chi connectivity index (χ1) is 8.95. The summed E-state index contributed by atoms with van der Waals surface area (Å²) in [5.74, 6) is -1.12. The molecule has 0 radical (unpaired) electrons. The highest BCUT2D eigenvalue weighted by Crippen LogP contribution is 2.11. The summed E-state index contributed by atoms with van der Waals surface area (Å²) in [7, 11) is 1.21. The molecule has 0 fully saturated rings. The minimum absolute atomic E-state index is 0.0755. The molecule has 0 amide bonds. The van der Waals surface area contributed by atoms with Gasteiger partial charge in [-0.2, -0.15) is 0 Å². The topological polar surface area (TPSA) is 58.6 Å². The van der Waals surface area contributed by atoms with Gasteiger partial charge in [-0.05, 0) is 23.6 Å². The van der Waals surface area contributed by atoms with Crippen LogP contribution < -0.4 is 5.32 Å². The number of carbonyl (C=O) groups excluding carboxylic acids is 1. The summed E-state index contributed by atoms with van der Waals surface area (Å²) in [5, 5.41) is 12.6. The number of rotatable bonds is 6. The van der Waals surface area contributed by atoms with Crippen molar-refractivity contribution in [2.45, 2.75) is 26.5 Å². The Labute approximate surface area is 112 Å². The number of hydrogen-bond donors (Lipinski definition) is 2. The van der Waals surface area contributed by atoms with Crippen LogP contribution in [-0.2, 0) is 11.3 Å². The van der Waals surface area contributed by atoms with Gasteiger partial charge in [0.25, 0.3) is 0 Å². The van der Waals surface area contributed by atoms with Gasteiger partial charge in [0.15, 0.2) is 0 Å². The SMILES string of the molecule is COC(=O)c1ccc(CNCC(O)C(C)C)cc1F. The molecule has 1 aromatic rings. The third-order valence-corrected chi connectivity index (χ3v) is 2.89.